The summed E-state index contributed by atoms with van der Waals surface area (Å²) in [5.74, 6) is -0.928. The Morgan fingerprint density at radius 2 is 2.10 bits per heavy atom. The summed E-state index contributed by atoms with van der Waals surface area (Å²) >= 11 is 4.22. The maximum atomic E-state index is 11.3. The number of nitrogens with zero attached hydrogens (tertiary/aromatic N) is 1. The normalized spacial score (nSPS) is 11.9. The van der Waals surface area contributed by atoms with Gasteiger partial charge in [0.15, 0.2) is 4.34 Å². The van der Waals surface area contributed by atoms with Crippen molar-refractivity contribution < 1.29 is 9.90 Å². The van der Waals surface area contributed by atoms with Gasteiger partial charge in [0.2, 0.25) is 0 Å². The summed E-state index contributed by atoms with van der Waals surface area (Å²) in [5.41, 5.74) is 0.904. The number of carboxylic acids is 1. The monoisotopic (exact) mass is 319 g/mol. The van der Waals surface area contributed by atoms with Crippen molar-refractivity contribution in [1.29, 1.82) is 0 Å². The summed E-state index contributed by atoms with van der Waals surface area (Å²) in [4.78, 5) is 17.0. The summed E-state index contributed by atoms with van der Waals surface area (Å²) in [6.45, 7) is 0. The molecule has 1 N–H and O–H groups in total. The highest BCUT2D eigenvalue weighted by molar-refractivity contribution is 8.05. The Balaban J connectivity index is 1.92. The van der Waals surface area contributed by atoms with E-state index in [0.717, 1.165) is 19.4 Å². The SMILES string of the molecule is O=C(O)/C(=C\c1cccs1)Sc1nc2ccccc2s1. The summed E-state index contributed by atoms with van der Waals surface area (Å²) in [5, 5.41) is 11.2. The molecule has 0 aliphatic rings. The Kier molecular flexibility index (Phi) is 3.86. The van der Waals surface area contributed by atoms with Gasteiger partial charge in [0, 0.05) is 4.88 Å². The number of para-hydroxylation sites is 1. The Hall–Kier alpha value is -1.63. The minimum absolute atomic E-state index is 0.284. The molecule has 3 aromatic rings. The van der Waals surface area contributed by atoms with E-state index in [-0.39, 0.29) is 4.91 Å². The largest absolute Gasteiger partial charge is 0.477 e. The van der Waals surface area contributed by atoms with E-state index in [9.17, 15) is 9.90 Å². The second-order valence-corrected chi connectivity index (χ2v) is 7.18. The molecule has 0 spiro atoms. The Bertz CT molecular complexity index is 742. The zero-order valence-electron chi connectivity index (χ0n) is 10.1. The highest BCUT2D eigenvalue weighted by Crippen LogP contribution is 2.35. The molecule has 2 heterocycles. The number of benzene rings is 1. The highest BCUT2D eigenvalue weighted by atomic mass is 32.2. The van der Waals surface area contributed by atoms with Crippen molar-refractivity contribution in [3.8, 4) is 0 Å². The predicted octanol–water partition coefficient (Wildman–Crippen LogP) is 4.58. The van der Waals surface area contributed by atoms with Crippen molar-refractivity contribution in [2.24, 2.45) is 0 Å². The van der Waals surface area contributed by atoms with Gasteiger partial charge in [-0.1, -0.05) is 30.0 Å². The Labute approximate surface area is 127 Å². The topological polar surface area (TPSA) is 50.2 Å². The van der Waals surface area contributed by atoms with Gasteiger partial charge in [-0.05, 0) is 29.7 Å². The molecule has 2 aromatic heterocycles. The minimum Gasteiger partial charge on any atom is -0.477 e. The summed E-state index contributed by atoms with van der Waals surface area (Å²) in [6, 6.07) is 11.6. The quantitative estimate of drug-likeness (QED) is 0.565. The van der Waals surface area contributed by atoms with Gasteiger partial charge in [0.1, 0.15) is 4.91 Å². The minimum atomic E-state index is -0.928. The number of fused-ring (bicyclic) bond motifs is 1. The van der Waals surface area contributed by atoms with Crippen LogP contribution in [0, 0.1) is 0 Å². The second kappa shape index (κ2) is 5.78. The van der Waals surface area contributed by atoms with Crippen molar-refractivity contribution in [3.63, 3.8) is 0 Å². The van der Waals surface area contributed by atoms with E-state index in [1.165, 1.54) is 34.4 Å². The number of thioether (sulfide) groups is 1. The number of thiophene rings is 1. The van der Waals surface area contributed by atoms with E-state index in [1.807, 2.05) is 41.8 Å². The van der Waals surface area contributed by atoms with Crippen molar-refractivity contribution in [1.82, 2.24) is 4.98 Å². The maximum absolute atomic E-state index is 11.3. The molecule has 0 aliphatic heterocycles. The lowest BCUT2D eigenvalue weighted by Gasteiger charge is -1.97. The van der Waals surface area contributed by atoms with E-state index in [2.05, 4.69) is 4.98 Å². The molecule has 0 bridgehead atoms. The first-order chi connectivity index (χ1) is 9.72. The standard InChI is InChI=1S/C14H9NO2S3/c16-13(17)12(8-9-4-3-7-18-9)20-14-15-10-5-1-2-6-11(10)19-14/h1-8H,(H,16,17)/b12-8+. The average Bonchev–Trinajstić information content (AvgIpc) is 3.05. The number of hydrogen-bond donors (Lipinski definition) is 1. The van der Waals surface area contributed by atoms with Gasteiger partial charge in [-0.15, -0.1) is 22.7 Å². The van der Waals surface area contributed by atoms with E-state index in [4.69, 9.17) is 0 Å². The predicted molar refractivity (Wildman–Crippen MR) is 85.4 cm³/mol. The molecule has 0 amide bonds. The molecule has 0 radical (unpaired) electrons. The lowest BCUT2D eigenvalue weighted by Crippen LogP contribution is -1.95. The smallest absolute Gasteiger partial charge is 0.342 e. The van der Waals surface area contributed by atoms with Gasteiger partial charge in [-0.3, -0.25) is 0 Å². The van der Waals surface area contributed by atoms with Gasteiger partial charge < -0.3 is 5.11 Å². The van der Waals surface area contributed by atoms with Crippen molar-refractivity contribution >= 4 is 56.7 Å². The van der Waals surface area contributed by atoms with Crippen molar-refractivity contribution in [2.45, 2.75) is 4.34 Å². The van der Waals surface area contributed by atoms with Crippen LogP contribution in [0.5, 0.6) is 0 Å². The molecule has 6 heteroatoms. The fourth-order valence-electron chi connectivity index (χ4n) is 1.63. The van der Waals surface area contributed by atoms with Crippen LogP contribution in [0.4, 0.5) is 0 Å². The third kappa shape index (κ3) is 2.92. The molecule has 0 unspecified atom stereocenters. The van der Waals surface area contributed by atoms with Crippen LogP contribution in [0.1, 0.15) is 4.88 Å². The molecule has 3 rings (SSSR count). The molecule has 1 aromatic carbocycles. The zero-order valence-corrected chi connectivity index (χ0v) is 12.6. The van der Waals surface area contributed by atoms with Crippen LogP contribution in [0.2, 0.25) is 0 Å². The lowest BCUT2D eigenvalue weighted by molar-refractivity contribution is -0.131. The molecule has 0 atom stereocenters. The Morgan fingerprint density at radius 3 is 2.80 bits per heavy atom. The molecule has 0 aliphatic carbocycles. The first-order valence-corrected chi connectivity index (χ1v) is 8.25. The second-order valence-electron chi connectivity index (χ2n) is 3.88. The van der Waals surface area contributed by atoms with E-state index in [1.54, 1.807) is 6.08 Å². The van der Waals surface area contributed by atoms with Gasteiger partial charge in [0.05, 0.1) is 10.2 Å². The number of thiazole rings is 1. The van der Waals surface area contributed by atoms with Gasteiger partial charge >= 0.3 is 5.97 Å². The lowest BCUT2D eigenvalue weighted by atomic mass is 10.3. The number of aliphatic carboxylic acids is 1. The van der Waals surface area contributed by atoms with Crippen LogP contribution in [-0.2, 0) is 4.79 Å². The van der Waals surface area contributed by atoms with Crippen LogP contribution in [0.25, 0.3) is 16.3 Å². The van der Waals surface area contributed by atoms with Crippen LogP contribution >= 0.6 is 34.4 Å². The van der Waals surface area contributed by atoms with Crippen LogP contribution in [-0.4, -0.2) is 16.1 Å². The third-order valence-corrected chi connectivity index (χ3v) is 5.43. The molecular weight excluding hydrogens is 310 g/mol. The molecule has 0 saturated carbocycles. The van der Waals surface area contributed by atoms with Crippen LogP contribution in [0.15, 0.2) is 51.0 Å². The third-order valence-electron chi connectivity index (χ3n) is 2.50. The van der Waals surface area contributed by atoms with Crippen LogP contribution < -0.4 is 0 Å². The Morgan fingerprint density at radius 1 is 1.25 bits per heavy atom. The molecule has 3 nitrogen and oxygen atoms in total. The number of carboxylic acid groups (broad SMARTS) is 1. The number of hydrogen-bond acceptors (Lipinski definition) is 5. The number of aromatic nitrogens is 1. The van der Waals surface area contributed by atoms with Crippen LogP contribution in [0.3, 0.4) is 0 Å². The van der Waals surface area contributed by atoms with E-state index < -0.39 is 5.97 Å². The average molecular weight is 319 g/mol. The van der Waals surface area contributed by atoms with E-state index >= 15 is 0 Å². The van der Waals surface area contributed by atoms with Crippen molar-refractivity contribution in [3.05, 3.63) is 51.6 Å². The van der Waals surface area contributed by atoms with Gasteiger partial charge in [-0.2, -0.15) is 0 Å². The highest BCUT2D eigenvalue weighted by Gasteiger charge is 2.13. The first-order valence-electron chi connectivity index (χ1n) is 5.74. The number of rotatable bonds is 4. The van der Waals surface area contributed by atoms with Gasteiger partial charge in [0.25, 0.3) is 0 Å². The fraction of sp³-hybridized carbons (Fsp3) is 0. The van der Waals surface area contributed by atoms with Gasteiger partial charge in [-0.25, -0.2) is 9.78 Å². The molecule has 20 heavy (non-hydrogen) atoms. The molecular formula is C14H9NO2S3. The summed E-state index contributed by atoms with van der Waals surface area (Å²) in [7, 11) is 0. The maximum Gasteiger partial charge on any atom is 0.342 e. The number of carbonyl (C=O) groups is 1. The summed E-state index contributed by atoms with van der Waals surface area (Å²) < 4.78 is 1.81. The fourth-order valence-corrected chi connectivity index (χ4v) is 4.37. The molecule has 0 fully saturated rings. The van der Waals surface area contributed by atoms with Crippen molar-refractivity contribution in [2.75, 3.05) is 0 Å². The zero-order chi connectivity index (χ0) is 13.9. The molecule has 0 saturated heterocycles. The summed E-state index contributed by atoms with van der Waals surface area (Å²) in [6.07, 6.45) is 1.68. The first kappa shape index (κ1) is 13.4. The molecule has 100 valence electrons. The van der Waals surface area contributed by atoms with E-state index in [0.29, 0.717) is 0 Å².